The van der Waals surface area contributed by atoms with Crippen LogP contribution in [0.5, 0.6) is 5.75 Å². The van der Waals surface area contributed by atoms with Crippen LogP contribution in [0.1, 0.15) is 57.9 Å². The average Bonchev–Trinajstić information content (AvgIpc) is 2.94. The average molecular weight is 546 g/mol. The van der Waals surface area contributed by atoms with Gasteiger partial charge in [-0.1, -0.05) is 69.5 Å². The van der Waals surface area contributed by atoms with Gasteiger partial charge in [0, 0.05) is 24.0 Å². The summed E-state index contributed by atoms with van der Waals surface area (Å²) >= 11 is 0. The Labute approximate surface area is 235 Å². The van der Waals surface area contributed by atoms with Crippen LogP contribution >= 0.6 is 0 Å². The molecule has 3 aromatic carbocycles. The molecule has 0 heterocycles. The molecule has 5 N–H and O–H groups in total. The van der Waals surface area contributed by atoms with Crippen molar-refractivity contribution in [2.75, 3.05) is 5.32 Å². The molecular weight excluding hydrogens is 506 g/mol. The van der Waals surface area contributed by atoms with Crippen molar-refractivity contribution in [3.8, 4) is 16.9 Å². The van der Waals surface area contributed by atoms with E-state index in [1.54, 1.807) is 12.1 Å². The predicted octanol–water partition coefficient (Wildman–Crippen LogP) is 6.50. The van der Waals surface area contributed by atoms with Crippen LogP contribution in [0.25, 0.3) is 11.1 Å². The number of carbonyl (C=O) groups is 1. The van der Waals surface area contributed by atoms with Crippen LogP contribution in [0.2, 0.25) is 0 Å². The van der Waals surface area contributed by atoms with Gasteiger partial charge in [0.05, 0.1) is 17.6 Å². The first kappa shape index (κ1) is 30.2. The monoisotopic (exact) mass is 545 g/mol. The second kappa shape index (κ2) is 15.3. The second-order valence-electron chi connectivity index (χ2n) is 9.76. The third kappa shape index (κ3) is 9.43. The predicted molar refractivity (Wildman–Crippen MR) is 159 cm³/mol. The highest BCUT2D eigenvalue weighted by atomic mass is 16.6. The topological polar surface area (TPSA) is 137 Å². The molecule has 0 radical (unpaired) electrons. The van der Waals surface area contributed by atoms with E-state index in [0.29, 0.717) is 5.69 Å². The van der Waals surface area contributed by atoms with Crippen LogP contribution in [-0.4, -0.2) is 21.9 Å². The number of non-ortho nitro benzene ring substituents is 1. The van der Waals surface area contributed by atoms with Gasteiger partial charge in [-0.15, -0.1) is 0 Å². The number of nitrogens with zero attached hydrogens (tertiary/aromatic N) is 2. The molecule has 9 heteroatoms. The van der Waals surface area contributed by atoms with E-state index in [2.05, 4.69) is 19.2 Å². The van der Waals surface area contributed by atoms with Crippen molar-refractivity contribution in [3.63, 3.8) is 0 Å². The van der Waals surface area contributed by atoms with Crippen LogP contribution in [-0.2, 0) is 11.3 Å². The van der Waals surface area contributed by atoms with Gasteiger partial charge in [-0.25, -0.2) is 5.84 Å². The van der Waals surface area contributed by atoms with Gasteiger partial charge in [-0.2, -0.15) is 0 Å². The van der Waals surface area contributed by atoms with E-state index < -0.39 is 10.8 Å². The number of hydrazine groups is 1. The Morgan fingerprint density at radius 3 is 2.15 bits per heavy atom. The maximum Gasteiger partial charge on any atom is 0.273 e. The van der Waals surface area contributed by atoms with Gasteiger partial charge in [-0.05, 0) is 60.2 Å². The van der Waals surface area contributed by atoms with Gasteiger partial charge in [0.2, 0.25) is 0 Å². The number of nitro benzene ring substituents is 1. The Morgan fingerprint density at radius 1 is 0.950 bits per heavy atom. The van der Waals surface area contributed by atoms with Gasteiger partial charge in [0.15, 0.2) is 0 Å². The molecule has 0 saturated carbocycles. The number of nitrogens with one attached hydrogen (secondary N) is 1. The van der Waals surface area contributed by atoms with Gasteiger partial charge in [0.25, 0.3) is 11.6 Å². The molecule has 40 heavy (non-hydrogen) atoms. The number of amides is 1. The molecule has 1 unspecified atom stereocenters. The summed E-state index contributed by atoms with van der Waals surface area (Å²) in [6.45, 7) is 4.63. The lowest BCUT2D eigenvalue weighted by Gasteiger charge is -2.19. The molecule has 3 aromatic rings. The van der Waals surface area contributed by atoms with Crippen molar-refractivity contribution < 1.29 is 14.5 Å². The van der Waals surface area contributed by atoms with Gasteiger partial charge >= 0.3 is 0 Å². The Bertz CT molecular complexity index is 1260. The maximum atomic E-state index is 12.6. The summed E-state index contributed by atoms with van der Waals surface area (Å²) in [4.78, 5) is 22.9. The summed E-state index contributed by atoms with van der Waals surface area (Å²) in [6, 6.07) is 21.6. The smallest absolute Gasteiger partial charge is 0.273 e. The zero-order valence-corrected chi connectivity index (χ0v) is 23.2. The number of anilines is 1. The number of ether oxygens (including phenoxy) is 1. The summed E-state index contributed by atoms with van der Waals surface area (Å²) in [5.74, 6) is 6.34. The quantitative estimate of drug-likeness (QED) is 0.0651. The molecule has 212 valence electrons. The van der Waals surface area contributed by atoms with E-state index in [1.807, 2.05) is 48.5 Å². The maximum absolute atomic E-state index is 12.6. The molecule has 1 amide bonds. The molecule has 9 nitrogen and oxygen atoms in total. The lowest BCUT2D eigenvalue weighted by Crippen LogP contribution is -2.29. The molecule has 3 rings (SSSR count). The third-order valence-electron chi connectivity index (χ3n) is 6.45. The molecule has 0 fully saturated rings. The Kier molecular flexibility index (Phi) is 11.5. The Hall–Kier alpha value is -4.37. The summed E-state index contributed by atoms with van der Waals surface area (Å²) in [5.41, 5.74) is 9.25. The molecule has 0 aliphatic carbocycles. The first-order valence-electron chi connectivity index (χ1n) is 13.7. The summed E-state index contributed by atoms with van der Waals surface area (Å²) in [7, 11) is 0. The number of nitro groups is 1. The molecular formula is C31H39N5O4. The van der Waals surface area contributed by atoms with E-state index in [4.69, 9.17) is 16.3 Å². The Morgan fingerprint density at radius 2 is 1.57 bits per heavy atom. The van der Waals surface area contributed by atoms with Crippen LogP contribution in [0, 0.1) is 10.1 Å². The highest BCUT2D eigenvalue weighted by Gasteiger charge is 2.11. The lowest BCUT2D eigenvalue weighted by molar-refractivity contribution is -0.384. The number of hydrogen-bond donors (Lipinski definition) is 3. The highest BCUT2D eigenvalue weighted by molar-refractivity contribution is 6.03. The van der Waals surface area contributed by atoms with Crippen molar-refractivity contribution in [2.24, 2.45) is 11.6 Å². The molecule has 1 atom stereocenters. The van der Waals surface area contributed by atoms with Gasteiger partial charge < -0.3 is 20.8 Å². The minimum Gasteiger partial charge on any atom is -0.490 e. The minimum atomic E-state index is -0.492. The first-order valence-corrected chi connectivity index (χ1v) is 13.7. The highest BCUT2D eigenvalue weighted by Crippen LogP contribution is 2.26. The van der Waals surface area contributed by atoms with Crippen molar-refractivity contribution in [3.05, 3.63) is 100 Å². The van der Waals surface area contributed by atoms with Crippen molar-refractivity contribution in [1.82, 2.24) is 5.01 Å². The molecule has 0 aliphatic heterocycles. The number of nitrogens with two attached hydrogens (primary N) is 2. The largest absolute Gasteiger partial charge is 0.490 e. The van der Waals surface area contributed by atoms with E-state index in [-0.39, 0.29) is 24.0 Å². The van der Waals surface area contributed by atoms with Gasteiger partial charge in [0.1, 0.15) is 11.4 Å². The zero-order chi connectivity index (χ0) is 28.9. The van der Waals surface area contributed by atoms with Crippen LogP contribution in [0.4, 0.5) is 11.4 Å². The summed E-state index contributed by atoms with van der Waals surface area (Å²) in [6.07, 6.45) is 8.45. The first-order chi connectivity index (χ1) is 19.3. The SMILES string of the molecule is CCCCCC(CCC)Oc1ccc(-c2ccc(NC(=O)/C(N)=C/N(N)Cc3ccc([N+](=O)[O-])cc3)cc2)cc1. The summed E-state index contributed by atoms with van der Waals surface area (Å²) in [5, 5.41) is 14.8. The fourth-order valence-corrected chi connectivity index (χ4v) is 4.29. The third-order valence-corrected chi connectivity index (χ3v) is 6.45. The number of unbranched alkanes of at least 4 members (excludes halogenated alkanes) is 2. The van der Waals surface area contributed by atoms with E-state index in [0.717, 1.165) is 41.7 Å². The van der Waals surface area contributed by atoms with Crippen molar-refractivity contribution in [2.45, 2.75) is 65.0 Å². The standard InChI is InChI=1S/C31H39N5O4/c1-3-5-6-8-28(7-4-2)40-29-19-13-25(14-20-29)24-11-15-26(16-12-24)34-31(37)30(32)22-35(33)21-23-9-17-27(18-10-23)36(38)39/h9-20,22,28H,3-8,21,32-33H2,1-2H3,(H,34,37)/b30-22-. The molecule has 0 aromatic heterocycles. The normalized spacial score (nSPS) is 12.0. The summed E-state index contributed by atoms with van der Waals surface area (Å²) < 4.78 is 6.25. The van der Waals surface area contributed by atoms with Gasteiger partial charge in [-0.3, -0.25) is 14.9 Å². The van der Waals surface area contributed by atoms with E-state index in [1.165, 1.54) is 42.6 Å². The number of carbonyl (C=O) groups excluding carboxylic acids is 1. The fourth-order valence-electron chi connectivity index (χ4n) is 4.29. The minimum absolute atomic E-state index is 0.00693. The molecule has 0 bridgehead atoms. The van der Waals surface area contributed by atoms with E-state index >= 15 is 0 Å². The second-order valence-corrected chi connectivity index (χ2v) is 9.76. The lowest BCUT2D eigenvalue weighted by atomic mass is 10.0. The van der Waals surface area contributed by atoms with Crippen molar-refractivity contribution >= 4 is 17.3 Å². The van der Waals surface area contributed by atoms with Crippen LogP contribution in [0.3, 0.4) is 0 Å². The molecule has 0 spiro atoms. The fraction of sp³-hybridized carbons (Fsp3) is 0.323. The van der Waals surface area contributed by atoms with Crippen LogP contribution in [0.15, 0.2) is 84.7 Å². The number of rotatable bonds is 15. The molecule has 0 saturated heterocycles. The number of benzene rings is 3. The Balaban J connectivity index is 1.54. The number of hydrogen-bond acceptors (Lipinski definition) is 7. The molecule has 0 aliphatic rings. The van der Waals surface area contributed by atoms with Crippen LogP contribution < -0.4 is 21.6 Å². The zero-order valence-electron chi connectivity index (χ0n) is 23.2. The van der Waals surface area contributed by atoms with E-state index in [9.17, 15) is 14.9 Å². The van der Waals surface area contributed by atoms with Crippen molar-refractivity contribution in [1.29, 1.82) is 0 Å².